The van der Waals surface area contributed by atoms with Gasteiger partial charge in [0, 0.05) is 11.3 Å². The third kappa shape index (κ3) is 5.03. The Bertz CT molecular complexity index is 1370. The SMILES string of the molecule is CCOc1cccc(C2/C(=C(\O)c3ccc(OC)c(C(C)C)c3)C(=O)C(=O)N2c2ccc(C(C)C)cc2)c1. The summed E-state index contributed by atoms with van der Waals surface area (Å²) in [5.74, 6) is 0.126. The second-order valence-corrected chi connectivity index (χ2v) is 10.0. The molecule has 1 atom stereocenters. The molecule has 0 radical (unpaired) electrons. The minimum atomic E-state index is -0.829. The van der Waals surface area contributed by atoms with Gasteiger partial charge in [-0.1, -0.05) is 52.0 Å². The van der Waals surface area contributed by atoms with Crippen molar-refractivity contribution in [3.05, 3.63) is 94.6 Å². The molecule has 4 rings (SSSR count). The Balaban J connectivity index is 1.93. The lowest BCUT2D eigenvalue weighted by atomic mass is 9.93. The third-order valence-corrected chi connectivity index (χ3v) is 6.89. The first kappa shape index (κ1) is 27.0. The Labute approximate surface area is 224 Å². The first-order chi connectivity index (χ1) is 18.2. The van der Waals surface area contributed by atoms with Crippen molar-refractivity contribution in [2.75, 3.05) is 18.6 Å². The van der Waals surface area contributed by atoms with Gasteiger partial charge in [0.1, 0.15) is 17.3 Å². The highest BCUT2D eigenvalue weighted by molar-refractivity contribution is 6.51. The summed E-state index contributed by atoms with van der Waals surface area (Å²) in [7, 11) is 1.60. The number of methoxy groups -OCH3 is 1. The number of aliphatic hydroxyl groups excluding tert-OH is 1. The number of hydrogen-bond donors (Lipinski definition) is 1. The normalized spacial score (nSPS) is 16.9. The van der Waals surface area contributed by atoms with Crippen LogP contribution < -0.4 is 14.4 Å². The van der Waals surface area contributed by atoms with Crippen LogP contribution in [0.2, 0.25) is 0 Å². The first-order valence-corrected chi connectivity index (χ1v) is 13.0. The van der Waals surface area contributed by atoms with Crippen molar-refractivity contribution in [1.29, 1.82) is 0 Å². The standard InChI is InChI=1S/C32H35NO5/c1-7-38-25-10-8-9-22(17-25)29-28(30(34)23-13-16-27(37-6)26(18-23)20(4)5)31(35)32(36)33(29)24-14-11-21(12-15-24)19(2)3/h8-20,29,34H,7H2,1-6H3/b30-28+. The van der Waals surface area contributed by atoms with Crippen molar-refractivity contribution in [1.82, 2.24) is 0 Å². The maximum atomic E-state index is 13.6. The lowest BCUT2D eigenvalue weighted by Crippen LogP contribution is -2.29. The lowest BCUT2D eigenvalue weighted by molar-refractivity contribution is -0.132. The average Bonchev–Trinajstić information content (AvgIpc) is 3.18. The number of amides is 1. The molecular weight excluding hydrogens is 478 g/mol. The van der Waals surface area contributed by atoms with Gasteiger partial charge in [0.15, 0.2) is 0 Å². The Morgan fingerprint density at radius 3 is 2.26 bits per heavy atom. The average molecular weight is 514 g/mol. The fourth-order valence-corrected chi connectivity index (χ4v) is 4.86. The second kappa shape index (κ2) is 11.1. The van der Waals surface area contributed by atoms with Crippen LogP contribution in [0.3, 0.4) is 0 Å². The first-order valence-electron chi connectivity index (χ1n) is 13.0. The number of ether oxygens (including phenoxy) is 2. The van der Waals surface area contributed by atoms with Crippen molar-refractivity contribution < 1.29 is 24.2 Å². The minimum absolute atomic E-state index is 0.0384. The molecule has 1 N–H and O–H groups in total. The summed E-state index contributed by atoms with van der Waals surface area (Å²) in [4.78, 5) is 28.5. The van der Waals surface area contributed by atoms with Crippen molar-refractivity contribution in [2.24, 2.45) is 0 Å². The molecule has 0 saturated carbocycles. The van der Waals surface area contributed by atoms with Gasteiger partial charge in [-0.05, 0) is 77.9 Å². The molecule has 6 heteroatoms. The van der Waals surface area contributed by atoms with Crippen LogP contribution in [-0.4, -0.2) is 30.5 Å². The van der Waals surface area contributed by atoms with Gasteiger partial charge in [-0.25, -0.2) is 0 Å². The molecule has 1 aliphatic heterocycles. The number of anilines is 1. The van der Waals surface area contributed by atoms with Crippen LogP contribution in [-0.2, 0) is 9.59 Å². The zero-order valence-electron chi connectivity index (χ0n) is 22.8. The van der Waals surface area contributed by atoms with Crippen molar-refractivity contribution in [2.45, 2.75) is 52.5 Å². The molecule has 38 heavy (non-hydrogen) atoms. The molecule has 1 heterocycles. The Kier molecular flexibility index (Phi) is 7.91. The molecule has 1 saturated heterocycles. The highest BCUT2D eigenvalue weighted by atomic mass is 16.5. The summed E-state index contributed by atoms with van der Waals surface area (Å²) in [5, 5.41) is 11.6. The molecule has 1 amide bonds. The number of nitrogens with zero attached hydrogens (tertiary/aromatic N) is 1. The zero-order chi connectivity index (χ0) is 27.6. The summed E-state index contributed by atoms with van der Waals surface area (Å²) < 4.78 is 11.2. The van der Waals surface area contributed by atoms with Crippen LogP contribution in [0.1, 0.15) is 74.8 Å². The minimum Gasteiger partial charge on any atom is -0.507 e. The van der Waals surface area contributed by atoms with E-state index < -0.39 is 17.7 Å². The summed E-state index contributed by atoms with van der Waals surface area (Å²) in [6.45, 7) is 10.6. The molecule has 0 aromatic heterocycles. The summed E-state index contributed by atoms with van der Waals surface area (Å²) >= 11 is 0. The fraction of sp³-hybridized carbons (Fsp3) is 0.312. The number of carbonyl (C=O) groups is 2. The quantitative estimate of drug-likeness (QED) is 0.200. The van der Waals surface area contributed by atoms with Crippen LogP contribution >= 0.6 is 0 Å². The van der Waals surface area contributed by atoms with E-state index in [-0.39, 0.29) is 17.3 Å². The number of carbonyl (C=O) groups excluding carboxylic acids is 2. The van der Waals surface area contributed by atoms with E-state index >= 15 is 0 Å². The van der Waals surface area contributed by atoms with E-state index in [1.807, 2.05) is 75.4 Å². The summed E-state index contributed by atoms with van der Waals surface area (Å²) in [6.07, 6.45) is 0. The van der Waals surface area contributed by atoms with Crippen LogP contribution in [0.15, 0.2) is 72.3 Å². The van der Waals surface area contributed by atoms with Crippen LogP contribution in [0, 0.1) is 0 Å². The highest BCUT2D eigenvalue weighted by Gasteiger charge is 2.47. The van der Waals surface area contributed by atoms with E-state index in [2.05, 4.69) is 13.8 Å². The topological polar surface area (TPSA) is 76.1 Å². The third-order valence-electron chi connectivity index (χ3n) is 6.89. The smallest absolute Gasteiger partial charge is 0.300 e. The van der Waals surface area contributed by atoms with E-state index in [0.29, 0.717) is 40.8 Å². The predicted molar refractivity (Wildman–Crippen MR) is 150 cm³/mol. The van der Waals surface area contributed by atoms with Crippen LogP contribution in [0.4, 0.5) is 5.69 Å². The largest absolute Gasteiger partial charge is 0.507 e. The van der Waals surface area contributed by atoms with Gasteiger partial charge >= 0.3 is 0 Å². The maximum absolute atomic E-state index is 13.6. The van der Waals surface area contributed by atoms with Gasteiger partial charge in [-0.15, -0.1) is 0 Å². The zero-order valence-corrected chi connectivity index (χ0v) is 22.8. The Morgan fingerprint density at radius 2 is 1.66 bits per heavy atom. The molecule has 0 bridgehead atoms. The van der Waals surface area contributed by atoms with Gasteiger partial charge in [-0.3, -0.25) is 14.5 Å². The molecular formula is C32H35NO5. The highest BCUT2D eigenvalue weighted by Crippen LogP contribution is 2.43. The van der Waals surface area contributed by atoms with Crippen molar-refractivity contribution in [3.63, 3.8) is 0 Å². The molecule has 6 nitrogen and oxygen atoms in total. The van der Waals surface area contributed by atoms with Gasteiger partial charge < -0.3 is 14.6 Å². The maximum Gasteiger partial charge on any atom is 0.300 e. The molecule has 1 fully saturated rings. The molecule has 1 aliphatic rings. The van der Waals surface area contributed by atoms with E-state index in [1.54, 1.807) is 19.2 Å². The number of rotatable bonds is 8. The van der Waals surface area contributed by atoms with Gasteiger partial charge in [0.25, 0.3) is 11.7 Å². The fourth-order valence-electron chi connectivity index (χ4n) is 4.86. The van der Waals surface area contributed by atoms with E-state index in [1.165, 1.54) is 4.90 Å². The van der Waals surface area contributed by atoms with Gasteiger partial charge in [0.2, 0.25) is 0 Å². The Hall–Kier alpha value is -4.06. The van der Waals surface area contributed by atoms with Crippen molar-refractivity contribution >= 4 is 23.1 Å². The van der Waals surface area contributed by atoms with Crippen molar-refractivity contribution in [3.8, 4) is 11.5 Å². The Morgan fingerprint density at radius 1 is 0.947 bits per heavy atom. The number of Topliss-reactive ketones (excluding diaryl/α,β-unsaturated/α-hetero) is 1. The lowest BCUT2D eigenvalue weighted by Gasteiger charge is -2.26. The number of hydrogen-bond acceptors (Lipinski definition) is 5. The summed E-state index contributed by atoms with van der Waals surface area (Å²) in [5.41, 5.74) is 3.76. The van der Waals surface area contributed by atoms with Crippen LogP contribution in [0.5, 0.6) is 11.5 Å². The van der Waals surface area contributed by atoms with E-state index in [0.717, 1.165) is 11.1 Å². The molecule has 198 valence electrons. The summed E-state index contributed by atoms with van der Waals surface area (Å²) in [6, 6.07) is 19.4. The molecule has 3 aromatic carbocycles. The van der Waals surface area contributed by atoms with Gasteiger partial charge in [0.05, 0.1) is 25.3 Å². The molecule has 0 spiro atoms. The number of ketones is 1. The predicted octanol–water partition coefficient (Wildman–Crippen LogP) is 6.97. The second-order valence-electron chi connectivity index (χ2n) is 10.0. The number of aliphatic hydroxyl groups is 1. The van der Waals surface area contributed by atoms with Gasteiger partial charge in [-0.2, -0.15) is 0 Å². The molecule has 3 aromatic rings. The monoisotopic (exact) mass is 513 g/mol. The molecule has 0 aliphatic carbocycles. The molecule has 1 unspecified atom stereocenters. The van der Waals surface area contributed by atoms with E-state index in [4.69, 9.17) is 9.47 Å². The van der Waals surface area contributed by atoms with Crippen LogP contribution in [0.25, 0.3) is 5.76 Å². The van der Waals surface area contributed by atoms with E-state index in [9.17, 15) is 14.7 Å². The number of benzene rings is 3.